The van der Waals surface area contributed by atoms with Gasteiger partial charge in [0.25, 0.3) is 0 Å². The minimum atomic E-state index is -3.43. The Morgan fingerprint density at radius 2 is 1.86 bits per heavy atom. The Morgan fingerprint density at radius 1 is 1.14 bits per heavy atom. The maximum Gasteiger partial charge on any atom is 0.243 e. The number of sulfonamides is 1. The zero-order chi connectivity index (χ0) is 15.3. The van der Waals surface area contributed by atoms with Gasteiger partial charge in [0.15, 0.2) is 0 Å². The Morgan fingerprint density at radius 3 is 2.43 bits per heavy atom. The first-order chi connectivity index (χ1) is 10.0. The quantitative estimate of drug-likeness (QED) is 0.852. The highest BCUT2D eigenvalue weighted by Gasteiger charge is 2.20. The first-order valence-corrected chi connectivity index (χ1v) is 9.19. The van der Waals surface area contributed by atoms with Crippen molar-refractivity contribution in [3.8, 4) is 0 Å². The molecule has 6 heteroatoms. The van der Waals surface area contributed by atoms with Crippen molar-refractivity contribution in [2.75, 3.05) is 13.6 Å². The van der Waals surface area contributed by atoms with Gasteiger partial charge in [0.05, 0.1) is 4.90 Å². The molecule has 0 radical (unpaired) electrons. The molecule has 0 spiro atoms. The highest BCUT2D eigenvalue weighted by molar-refractivity contribution is 7.89. The molecule has 1 N–H and O–H groups in total. The number of hydrogen-bond acceptors (Lipinski definition) is 4. The van der Waals surface area contributed by atoms with E-state index in [1.165, 1.54) is 4.31 Å². The molecule has 0 aliphatic heterocycles. The lowest BCUT2D eigenvalue weighted by molar-refractivity contribution is 0.467. The molecule has 2 aromatic rings. The molecule has 0 atom stereocenters. The van der Waals surface area contributed by atoms with Crippen LogP contribution in [0.2, 0.25) is 0 Å². The van der Waals surface area contributed by atoms with E-state index in [0.29, 0.717) is 11.4 Å². The summed E-state index contributed by atoms with van der Waals surface area (Å²) in [5, 5.41) is 7.13. The van der Waals surface area contributed by atoms with Gasteiger partial charge in [0, 0.05) is 20.1 Å². The van der Waals surface area contributed by atoms with Crippen molar-refractivity contribution in [3.05, 3.63) is 52.2 Å². The summed E-state index contributed by atoms with van der Waals surface area (Å²) in [6.07, 6.45) is 0. The van der Waals surface area contributed by atoms with Crippen LogP contribution in [0.1, 0.15) is 18.1 Å². The molecule has 1 aromatic heterocycles. The molecule has 21 heavy (non-hydrogen) atoms. The van der Waals surface area contributed by atoms with Crippen LogP contribution in [-0.4, -0.2) is 26.3 Å². The molecule has 0 unspecified atom stereocenters. The van der Waals surface area contributed by atoms with Crippen LogP contribution in [0.4, 0.5) is 0 Å². The molecule has 0 fully saturated rings. The number of benzene rings is 1. The van der Waals surface area contributed by atoms with Crippen molar-refractivity contribution in [1.29, 1.82) is 0 Å². The molecule has 0 saturated heterocycles. The van der Waals surface area contributed by atoms with Crippen LogP contribution >= 0.6 is 11.3 Å². The summed E-state index contributed by atoms with van der Waals surface area (Å²) in [6.45, 7) is 4.08. The van der Waals surface area contributed by atoms with Gasteiger partial charge < -0.3 is 5.32 Å². The van der Waals surface area contributed by atoms with Crippen molar-refractivity contribution in [1.82, 2.24) is 9.62 Å². The number of thiophene rings is 1. The van der Waals surface area contributed by atoms with Gasteiger partial charge >= 0.3 is 0 Å². The van der Waals surface area contributed by atoms with Gasteiger partial charge in [0.1, 0.15) is 0 Å². The highest BCUT2D eigenvalue weighted by Crippen LogP contribution is 2.18. The Kier molecular flexibility index (Phi) is 5.52. The van der Waals surface area contributed by atoms with E-state index in [9.17, 15) is 8.42 Å². The first kappa shape index (κ1) is 16.2. The predicted molar refractivity (Wildman–Crippen MR) is 86.8 cm³/mol. The smallest absolute Gasteiger partial charge is 0.243 e. The summed E-state index contributed by atoms with van der Waals surface area (Å²) in [5.41, 5.74) is 2.09. The maximum absolute atomic E-state index is 12.5. The van der Waals surface area contributed by atoms with Gasteiger partial charge in [-0.25, -0.2) is 8.42 Å². The standard InChI is InChI=1S/C15H20N2O2S2/c1-3-16-10-13-4-6-15(7-5-13)21(18,19)17(2)11-14-8-9-20-12-14/h4-9,12,16H,3,10-11H2,1-2H3. The van der Waals surface area contributed by atoms with Crippen molar-refractivity contribution >= 4 is 21.4 Å². The van der Waals surface area contributed by atoms with Crippen LogP contribution in [0.3, 0.4) is 0 Å². The molecular weight excluding hydrogens is 304 g/mol. The van der Waals surface area contributed by atoms with Gasteiger partial charge in [-0.3, -0.25) is 0 Å². The van der Waals surface area contributed by atoms with Crippen LogP contribution in [0.5, 0.6) is 0 Å². The zero-order valence-corrected chi connectivity index (χ0v) is 13.9. The van der Waals surface area contributed by atoms with Gasteiger partial charge in [0.2, 0.25) is 10.0 Å². The summed E-state index contributed by atoms with van der Waals surface area (Å²) in [5.74, 6) is 0. The number of nitrogens with zero attached hydrogens (tertiary/aromatic N) is 1. The summed E-state index contributed by atoms with van der Waals surface area (Å²) >= 11 is 1.57. The average molecular weight is 324 g/mol. The summed E-state index contributed by atoms with van der Waals surface area (Å²) in [6, 6.07) is 9.00. The molecule has 0 aliphatic rings. The van der Waals surface area contributed by atoms with E-state index in [2.05, 4.69) is 5.32 Å². The SMILES string of the molecule is CCNCc1ccc(S(=O)(=O)N(C)Cc2ccsc2)cc1. The molecule has 2 rings (SSSR count). The van der Waals surface area contributed by atoms with E-state index in [0.717, 1.165) is 24.2 Å². The Labute approximate surface area is 130 Å². The van der Waals surface area contributed by atoms with E-state index in [1.807, 2.05) is 35.9 Å². The Balaban J connectivity index is 2.11. The minimum Gasteiger partial charge on any atom is -0.313 e. The lowest BCUT2D eigenvalue weighted by Crippen LogP contribution is -2.26. The maximum atomic E-state index is 12.5. The molecule has 0 aliphatic carbocycles. The van der Waals surface area contributed by atoms with Crippen LogP contribution < -0.4 is 5.32 Å². The minimum absolute atomic E-state index is 0.334. The monoisotopic (exact) mass is 324 g/mol. The van der Waals surface area contributed by atoms with E-state index in [-0.39, 0.29) is 0 Å². The largest absolute Gasteiger partial charge is 0.313 e. The van der Waals surface area contributed by atoms with Crippen molar-refractivity contribution in [2.45, 2.75) is 24.9 Å². The van der Waals surface area contributed by atoms with Crippen LogP contribution in [0, 0.1) is 0 Å². The van der Waals surface area contributed by atoms with Gasteiger partial charge in [-0.15, -0.1) is 0 Å². The molecule has 0 bridgehead atoms. The van der Waals surface area contributed by atoms with E-state index < -0.39 is 10.0 Å². The molecule has 1 aromatic carbocycles. The fourth-order valence-electron chi connectivity index (χ4n) is 1.95. The molecule has 0 saturated carbocycles. The highest BCUT2D eigenvalue weighted by atomic mass is 32.2. The fraction of sp³-hybridized carbons (Fsp3) is 0.333. The number of rotatable bonds is 7. The summed E-state index contributed by atoms with van der Waals surface area (Å²) in [4.78, 5) is 0.334. The number of nitrogens with one attached hydrogen (secondary N) is 1. The van der Waals surface area contributed by atoms with E-state index in [4.69, 9.17) is 0 Å². The lowest BCUT2D eigenvalue weighted by atomic mass is 10.2. The van der Waals surface area contributed by atoms with Gasteiger partial charge in [-0.05, 0) is 46.6 Å². The second-order valence-electron chi connectivity index (χ2n) is 4.82. The second kappa shape index (κ2) is 7.17. The summed E-state index contributed by atoms with van der Waals surface area (Å²) < 4.78 is 26.4. The van der Waals surface area contributed by atoms with Gasteiger partial charge in [-0.2, -0.15) is 15.6 Å². The normalized spacial score (nSPS) is 12.0. The van der Waals surface area contributed by atoms with E-state index >= 15 is 0 Å². The molecule has 114 valence electrons. The van der Waals surface area contributed by atoms with Crippen LogP contribution in [0.15, 0.2) is 46.0 Å². The molecule has 1 heterocycles. The number of hydrogen-bond donors (Lipinski definition) is 1. The fourth-order valence-corrected chi connectivity index (χ4v) is 3.77. The van der Waals surface area contributed by atoms with Crippen molar-refractivity contribution < 1.29 is 8.42 Å². The van der Waals surface area contributed by atoms with Crippen LogP contribution in [0.25, 0.3) is 0 Å². The predicted octanol–water partition coefficient (Wildman–Crippen LogP) is 2.68. The third kappa shape index (κ3) is 4.14. The summed E-state index contributed by atoms with van der Waals surface area (Å²) in [7, 11) is -1.82. The van der Waals surface area contributed by atoms with Gasteiger partial charge in [-0.1, -0.05) is 19.1 Å². The lowest BCUT2D eigenvalue weighted by Gasteiger charge is -2.16. The molecule has 4 nitrogen and oxygen atoms in total. The Bertz CT molecular complexity index is 649. The second-order valence-corrected chi connectivity index (χ2v) is 7.64. The average Bonchev–Trinajstić information content (AvgIpc) is 2.98. The van der Waals surface area contributed by atoms with E-state index in [1.54, 1.807) is 30.5 Å². The molecular formula is C15H20N2O2S2. The molecule has 0 amide bonds. The Hall–Kier alpha value is -1.21. The van der Waals surface area contributed by atoms with Crippen LogP contribution in [-0.2, 0) is 23.1 Å². The zero-order valence-electron chi connectivity index (χ0n) is 12.2. The first-order valence-electron chi connectivity index (χ1n) is 6.81. The van der Waals surface area contributed by atoms with Crippen molar-refractivity contribution in [2.24, 2.45) is 0 Å². The third-order valence-electron chi connectivity index (χ3n) is 3.20. The topological polar surface area (TPSA) is 49.4 Å². The third-order valence-corrected chi connectivity index (χ3v) is 5.75. The van der Waals surface area contributed by atoms with Crippen molar-refractivity contribution in [3.63, 3.8) is 0 Å².